The number of aromatic nitrogens is 1. The number of pyridine rings is 1. The SMILES string of the molecule is CCN1C(=O)[C@H](C)N(C)c2cc(CCC3CC(Oc4cc(F)c(F)c(F)c4)C3)ncc21. The Hall–Kier alpha value is -2.77. The summed E-state index contributed by atoms with van der Waals surface area (Å²) in [6, 6.07) is 3.60. The van der Waals surface area contributed by atoms with Crippen LogP contribution in [0.5, 0.6) is 5.75 Å². The molecule has 1 aromatic heterocycles. The van der Waals surface area contributed by atoms with Gasteiger partial charge in [0.05, 0.1) is 23.7 Å². The number of hydrogen-bond donors (Lipinski definition) is 0. The van der Waals surface area contributed by atoms with E-state index in [0.29, 0.717) is 12.5 Å². The number of carbonyl (C=O) groups excluding carboxylic acids is 1. The van der Waals surface area contributed by atoms with E-state index in [0.717, 1.165) is 54.9 Å². The molecule has 0 radical (unpaired) electrons. The summed E-state index contributed by atoms with van der Waals surface area (Å²) in [6.45, 7) is 4.47. The summed E-state index contributed by atoms with van der Waals surface area (Å²) in [4.78, 5) is 20.8. The zero-order valence-corrected chi connectivity index (χ0v) is 17.9. The van der Waals surface area contributed by atoms with E-state index in [4.69, 9.17) is 4.74 Å². The fraction of sp³-hybridized carbons (Fsp3) is 0.478. The molecule has 2 aromatic rings. The van der Waals surface area contributed by atoms with Gasteiger partial charge in [-0.25, -0.2) is 13.2 Å². The Bertz CT molecular complexity index is 971. The molecule has 1 aliphatic carbocycles. The van der Waals surface area contributed by atoms with Crippen LogP contribution >= 0.6 is 0 Å². The third-order valence-electron chi connectivity index (χ3n) is 6.37. The minimum atomic E-state index is -1.48. The van der Waals surface area contributed by atoms with Crippen LogP contribution in [0.1, 0.15) is 38.8 Å². The molecule has 1 fully saturated rings. The molecule has 1 saturated carbocycles. The van der Waals surface area contributed by atoms with Gasteiger partial charge in [-0.1, -0.05) is 0 Å². The third-order valence-corrected chi connectivity index (χ3v) is 6.37. The number of carbonyl (C=O) groups is 1. The number of nitrogens with zero attached hydrogens (tertiary/aromatic N) is 3. The Kier molecular flexibility index (Phi) is 5.81. The van der Waals surface area contributed by atoms with Gasteiger partial charge in [0.25, 0.3) is 0 Å². The fourth-order valence-electron chi connectivity index (χ4n) is 4.30. The number of benzene rings is 1. The predicted octanol–water partition coefficient (Wildman–Crippen LogP) is 4.48. The lowest BCUT2D eigenvalue weighted by Crippen LogP contribution is -2.50. The fourth-order valence-corrected chi connectivity index (χ4v) is 4.30. The van der Waals surface area contributed by atoms with Crippen LogP contribution in [0.15, 0.2) is 24.4 Å². The number of fused-ring (bicyclic) bond motifs is 1. The van der Waals surface area contributed by atoms with Gasteiger partial charge in [-0.05, 0) is 51.5 Å². The van der Waals surface area contributed by atoms with E-state index in [-0.39, 0.29) is 23.8 Å². The minimum Gasteiger partial charge on any atom is -0.490 e. The van der Waals surface area contributed by atoms with Gasteiger partial charge in [0, 0.05) is 31.4 Å². The minimum absolute atomic E-state index is 0.0170. The second kappa shape index (κ2) is 8.40. The molecule has 0 N–H and O–H groups in total. The lowest BCUT2D eigenvalue weighted by atomic mass is 9.79. The maximum Gasteiger partial charge on any atom is 0.249 e. The standard InChI is InChI=1S/C23H26F3N3O2/c1-4-29-21-12-27-15(9-20(21)28(3)13(2)23(29)30)6-5-14-7-16(8-14)31-17-10-18(24)22(26)19(25)11-17/h9-14,16H,4-8H2,1-3H3/t13-,14?,16?/m0/s1. The first-order chi connectivity index (χ1) is 14.8. The number of anilines is 2. The molecule has 1 aliphatic heterocycles. The molecular formula is C23H26F3N3O2. The topological polar surface area (TPSA) is 45.7 Å². The monoisotopic (exact) mass is 433 g/mol. The van der Waals surface area contributed by atoms with Gasteiger partial charge in [-0.3, -0.25) is 9.78 Å². The molecule has 166 valence electrons. The third kappa shape index (κ3) is 4.07. The molecule has 1 aromatic carbocycles. The molecule has 0 unspecified atom stereocenters. The van der Waals surface area contributed by atoms with Crippen molar-refractivity contribution in [3.8, 4) is 5.75 Å². The molecule has 0 spiro atoms. The lowest BCUT2D eigenvalue weighted by molar-refractivity contribution is -0.119. The average molecular weight is 433 g/mol. The second-order valence-corrected chi connectivity index (χ2v) is 8.35. The second-order valence-electron chi connectivity index (χ2n) is 8.35. The van der Waals surface area contributed by atoms with Crippen LogP contribution in [0.25, 0.3) is 0 Å². The van der Waals surface area contributed by atoms with Gasteiger partial charge in [0.1, 0.15) is 11.8 Å². The van der Waals surface area contributed by atoms with E-state index in [1.807, 2.05) is 25.8 Å². The summed E-state index contributed by atoms with van der Waals surface area (Å²) in [6.07, 6.45) is 4.93. The van der Waals surface area contributed by atoms with E-state index in [9.17, 15) is 18.0 Å². The van der Waals surface area contributed by atoms with Gasteiger partial charge < -0.3 is 14.5 Å². The van der Waals surface area contributed by atoms with Crippen molar-refractivity contribution in [3.63, 3.8) is 0 Å². The van der Waals surface area contributed by atoms with Crippen molar-refractivity contribution >= 4 is 17.3 Å². The first-order valence-corrected chi connectivity index (χ1v) is 10.6. The van der Waals surface area contributed by atoms with Crippen molar-refractivity contribution in [2.45, 2.75) is 51.7 Å². The highest BCUT2D eigenvalue weighted by atomic mass is 19.2. The Labute approximate surface area is 179 Å². The van der Waals surface area contributed by atoms with Crippen molar-refractivity contribution in [1.82, 2.24) is 4.98 Å². The normalized spacial score (nSPS) is 22.9. The summed E-state index contributed by atoms with van der Waals surface area (Å²) < 4.78 is 45.2. The van der Waals surface area contributed by atoms with E-state index >= 15 is 0 Å². The van der Waals surface area contributed by atoms with Crippen LogP contribution in [0.2, 0.25) is 0 Å². The number of hydrogen-bond acceptors (Lipinski definition) is 4. The van der Waals surface area contributed by atoms with Crippen LogP contribution in [-0.2, 0) is 11.2 Å². The molecule has 1 amide bonds. The van der Waals surface area contributed by atoms with Gasteiger partial charge >= 0.3 is 0 Å². The summed E-state index contributed by atoms with van der Waals surface area (Å²) in [7, 11) is 1.92. The summed E-state index contributed by atoms with van der Waals surface area (Å²) in [5.74, 6) is -3.44. The average Bonchev–Trinajstić information content (AvgIpc) is 2.72. The molecule has 0 bridgehead atoms. The Morgan fingerprint density at radius 1 is 1.13 bits per heavy atom. The number of halogens is 3. The zero-order chi connectivity index (χ0) is 22.3. The number of rotatable bonds is 6. The van der Waals surface area contributed by atoms with Crippen LogP contribution in [0.3, 0.4) is 0 Å². The molecule has 2 aliphatic rings. The first-order valence-electron chi connectivity index (χ1n) is 10.6. The summed E-state index contributed by atoms with van der Waals surface area (Å²) in [5.41, 5.74) is 2.82. The quantitative estimate of drug-likeness (QED) is 0.631. The Morgan fingerprint density at radius 2 is 1.81 bits per heavy atom. The molecule has 5 nitrogen and oxygen atoms in total. The van der Waals surface area contributed by atoms with Crippen LogP contribution in [0.4, 0.5) is 24.5 Å². The van der Waals surface area contributed by atoms with Gasteiger partial charge in [-0.15, -0.1) is 0 Å². The maximum atomic E-state index is 13.3. The van der Waals surface area contributed by atoms with E-state index in [1.54, 1.807) is 11.1 Å². The molecule has 4 rings (SSSR count). The van der Waals surface area contributed by atoms with Crippen molar-refractivity contribution in [3.05, 3.63) is 47.5 Å². The van der Waals surface area contributed by atoms with E-state index in [2.05, 4.69) is 11.1 Å². The maximum absolute atomic E-state index is 13.3. The van der Waals surface area contributed by atoms with Gasteiger partial charge in [0.15, 0.2) is 17.5 Å². The molecule has 2 heterocycles. The highest BCUT2D eigenvalue weighted by molar-refractivity contribution is 6.04. The molecule has 1 atom stereocenters. The van der Waals surface area contributed by atoms with Crippen LogP contribution < -0.4 is 14.5 Å². The summed E-state index contributed by atoms with van der Waals surface area (Å²) in [5, 5.41) is 0. The number of amides is 1. The van der Waals surface area contributed by atoms with Crippen LogP contribution in [0, 0.1) is 23.4 Å². The smallest absolute Gasteiger partial charge is 0.249 e. The van der Waals surface area contributed by atoms with Crippen molar-refractivity contribution < 1.29 is 22.7 Å². The first kappa shape index (κ1) is 21.5. The van der Waals surface area contributed by atoms with Crippen molar-refractivity contribution in [2.75, 3.05) is 23.4 Å². The van der Waals surface area contributed by atoms with Gasteiger partial charge in [0.2, 0.25) is 5.91 Å². The predicted molar refractivity (Wildman–Crippen MR) is 112 cm³/mol. The van der Waals surface area contributed by atoms with E-state index in [1.165, 1.54) is 0 Å². The zero-order valence-electron chi connectivity index (χ0n) is 17.9. The summed E-state index contributed by atoms with van der Waals surface area (Å²) >= 11 is 0. The molecular weight excluding hydrogens is 407 g/mol. The Balaban J connectivity index is 1.33. The van der Waals surface area contributed by atoms with Crippen LogP contribution in [-0.4, -0.2) is 36.6 Å². The lowest BCUT2D eigenvalue weighted by Gasteiger charge is -2.39. The van der Waals surface area contributed by atoms with Crippen molar-refractivity contribution in [2.24, 2.45) is 5.92 Å². The largest absolute Gasteiger partial charge is 0.490 e. The molecule has 31 heavy (non-hydrogen) atoms. The van der Waals surface area contributed by atoms with E-state index < -0.39 is 17.5 Å². The molecule has 0 saturated heterocycles. The van der Waals surface area contributed by atoms with Crippen molar-refractivity contribution in [1.29, 1.82) is 0 Å². The molecule has 8 heteroatoms. The number of aryl methyl sites for hydroxylation is 1. The van der Waals surface area contributed by atoms with Gasteiger partial charge in [-0.2, -0.15) is 0 Å². The highest BCUT2D eigenvalue weighted by Gasteiger charge is 2.34. The Morgan fingerprint density at radius 3 is 2.45 bits per heavy atom. The number of likely N-dealkylation sites (N-methyl/N-ethyl adjacent to an activating group) is 2. The number of ether oxygens (including phenoxy) is 1. The highest BCUT2D eigenvalue weighted by Crippen LogP contribution is 2.37.